The first-order valence-electron chi connectivity index (χ1n) is 7.32. The number of hydrogen-bond donors (Lipinski definition) is 2. The minimum absolute atomic E-state index is 0.852. The molecule has 0 aliphatic heterocycles. The van der Waals surface area contributed by atoms with Gasteiger partial charge in [-0.25, -0.2) is 0 Å². The van der Waals surface area contributed by atoms with Crippen molar-refractivity contribution in [3.63, 3.8) is 0 Å². The van der Waals surface area contributed by atoms with Crippen LogP contribution in [0.25, 0.3) is 0 Å². The molecule has 0 fully saturated rings. The van der Waals surface area contributed by atoms with Crippen LogP contribution in [-0.4, -0.2) is 32.2 Å². The van der Waals surface area contributed by atoms with E-state index in [4.69, 9.17) is 0 Å². The van der Waals surface area contributed by atoms with E-state index in [9.17, 15) is 0 Å². The van der Waals surface area contributed by atoms with Crippen molar-refractivity contribution in [1.29, 1.82) is 0 Å². The third-order valence-electron chi connectivity index (χ3n) is 3.07. The zero-order valence-corrected chi connectivity index (χ0v) is 12.8. The van der Waals surface area contributed by atoms with E-state index in [1.807, 2.05) is 6.08 Å². The van der Waals surface area contributed by atoms with Gasteiger partial charge in [-0.05, 0) is 37.5 Å². The lowest BCUT2D eigenvalue weighted by atomic mass is 9.97. The quantitative estimate of drug-likeness (QED) is 0.426. The Bertz CT molecular complexity index is 428. The molecule has 4 nitrogen and oxygen atoms in total. The molecule has 0 unspecified atom stereocenters. The number of aliphatic imine (C=N–C) groups is 1. The summed E-state index contributed by atoms with van der Waals surface area (Å²) >= 11 is 0. The maximum absolute atomic E-state index is 4.27. The van der Waals surface area contributed by atoms with E-state index in [1.165, 1.54) is 11.1 Å². The molecule has 0 aromatic rings. The van der Waals surface area contributed by atoms with Crippen LogP contribution in [0.2, 0.25) is 0 Å². The number of hydrazone groups is 1. The van der Waals surface area contributed by atoms with Gasteiger partial charge in [0.25, 0.3) is 0 Å². The fourth-order valence-electron chi connectivity index (χ4n) is 1.91. The van der Waals surface area contributed by atoms with Crippen LogP contribution in [0.3, 0.4) is 0 Å². The predicted octanol–water partition coefficient (Wildman–Crippen LogP) is 2.81. The molecular formula is C16H26N4. The van der Waals surface area contributed by atoms with Gasteiger partial charge in [0, 0.05) is 19.8 Å². The lowest BCUT2D eigenvalue weighted by molar-refractivity contribution is 0.741. The molecule has 0 radical (unpaired) electrons. The number of hydrogen-bond acceptors (Lipinski definition) is 3. The average molecular weight is 274 g/mol. The summed E-state index contributed by atoms with van der Waals surface area (Å²) in [6.07, 6.45) is 13.2. The van der Waals surface area contributed by atoms with E-state index in [0.29, 0.717) is 0 Å². The van der Waals surface area contributed by atoms with Crippen molar-refractivity contribution in [3.05, 3.63) is 35.5 Å². The second-order valence-corrected chi connectivity index (χ2v) is 4.60. The number of likely N-dealkylation sites (N-methyl/N-ethyl adjacent to an activating group) is 1. The summed E-state index contributed by atoms with van der Waals surface area (Å²) in [5.41, 5.74) is 5.67. The number of rotatable bonds is 7. The van der Waals surface area contributed by atoms with Gasteiger partial charge in [0.15, 0.2) is 0 Å². The summed E-state index contributed by atoms with van der Waals surface area (Å²) in [5.74, 6) is 0.852. The van der Waals surface area contributed by atoms with Crippen LogP contribution in [0.15, 0.2) is 45.5 Å². The summed E-state index contributed by atoms with van der Waals surface area (Å²) in [6.45, 7) is 6.21. The van der Waals surface area contributed by atoms with Crippen molar-refractivity contribution >= 4 is 12.1 Å². The molecule has 0 saturated carbocycles. The Hall–Kier alpha value is -1.68. The van der Waals surface area contributed by atoms with Gasteiger partial charge >= 0.3 is 0 Å². The smallest absolute Gasteiger partial charge is 0.144 e. The van der Waals surface area contributed by atoms with Gasteiger partial charge in [0.05, 0.1) is 0 Å². The van der Waals surface area contributed by atoms with Crippen molar-refractivity contribution in [2.45, 2.75) is 33.1 Å². The molecule has 0 atom stereocenters. The number of nitrogens with one attached hydrogen (secondary N) is 2. The molecule has 110 valence electrons. The average Bonchev–Trinajstić information content (AvgIpc) is 2.49. The lowest BCUT2D eigenvalue weighted by Crippen LogP contribution is -2.22. The van der Waals surface area contributed by atoms with Crippen LogP contribution in [0.5, 0.6) is 0 Å². The first-order chi connectivity index (χ1) is 9.81. The largest absolute Gasteiger partial charge is 0.313 e. The normalized spacial score (nSPS) is 16.6. The monoisotopic (exact) mass is 274 g/mol. The third-order valence-corrected chi connectivity index (χ3v) is 3.07. The number of amidine groups is 1. The maximum Gasteiger partial charge on any atom is 0.144 e. The fraction of sp³-hybridized carbons (Fsp3) is 0.500. The van der Waals surface area contributed by atoms with Gasteiger partial charge in [0.1, 0.15) is 5.84 Å². The van der Waals surface area contributed by atoms with Crippen LogP contribution in [0.4, 0.5) is 0 Å². The van der Waals surface area contributed by atoms with Gasteiger partial charge in [-0.2, -0.15) is 5.10 Å². The van der Waals surface area contributed by atoms with Crippen LogP contribution in [0.1, 0.15) is 33.1 Å². The first kappa shape index (κ1) is 16.4. The molecular weight excluding hydrogens is 248 g/mol. The lowest BCUT2D eigenvalue weighted by Gasteiger charge is -2.16. The van der Waals surface area contributed by atoms with Gasteiger partial charge in [-0.15, -0.1) is 0 Å². The van der Waals surface area contributed by atoms with Gasteiger partial charge in [-0.1, -0.05) is 37.6 Å². The van der Waals surface area contributed by atoms with E-state index in [1.54, 1.807) is 13.3 Å². The molecule has 20 heavy (non-hydrogen) atoms. The summed E-state index contributed by atoms with van der Waals surface area (Å²) in [6, 6.07) is 0. The second kappa shape index (κ2) is 10.1. The Morgan fingerprint density at radius 3 is 2.75 bits per heavy atom. The Morgan fingerprint density at radius 2 is 2.15 bits per heavy atom. The van der Waals surface area contributed by atoms with Crippen LogP contribution < -0.4 is 10.7 Å². The summed E-state index contributed by atoms with van der Waals surface area (Å²) in [5, 5.41) is 7.51. The second-order valence-electron chi connectivity index (χ2n) is 4.60. The molecule has 0 bridgehead atoms. The summed E-state index contributed by atoms with van der Waals surface area (Å²) < 4.78 is 0. The molecule has 0 aromatic carbocycles. The molecule has 4 heteroatoms. The van der Waals surface area contributed by atoms with E-state index in [-0.39, 0.29) is 0 Å². The number of allylic oxidation sites excluding steroid dienone is 4. The molecule has 1 aliphatic rings. The van der Waals surface area contributed by atoms with Crippen LogP contribution >= 0.6 is 0 Å². The topological polar surface area (TPSA) is 48.8 Å². The van der Waals surface area contributed by atoms with Crippen LogP contribution in [-0.2, 0) is 0 Å². The van der Waals surface area contributed by atoms with Crippen LogP contribution in [0, 0.1) is 0 Å². The Morgan fingerprint density at radius 1 is 1.30 bits per heavy atom. The van der Waals surface area contributed by atoms with E-state index >= 15 is 0 Å². The molecule has 1 rings (SSSR count). The molecule has 0 saturated heterocycles. The summed E-state index contributed by atoms with van der Waals surface area (Å²) in [4.78, 5) is 4.27. The molecule has 2 N–H and O–H groups in total. The number of nitrogens with zero attached hydrogens (tertiary/aromatic N) is 2. The standard InChI is InChI=1S/C16H26N4/c1-4-6-7-12-19-20-16(17-3)15-10-8-14(9-11-15)13-18-5-2/h6-8,10,12,18H,4-5,9,11,13H2,1-3H3,(H,17,20)/b7-6+,19-12+. The SMILES string of the molecule is CC/C=C/C=N/NC(=NC)C1=CC=C(CNCC)CC1. The molecule has 0 heterocycles. The minimum atomic E-state index is 0.852. The highest BCUT2D eigenvalue weighted by atomic mass is 15.3. The van der Waals surface area contributed by atoms with E-state index < -0.39 is 0 Å². The zero-order chi connectivity index (χ0) is 14.6. The Kier molecular flexibility index (Phi) is 8.31. The predicted molar refractivity (Wildman–Crippen MR) is 88.4 cm³/mol. The van der Waals surface area contributed by atoms with E-state index in [0.717, 1.165) is 38.2 Å². The maximum atomic E-state index is 4.27. The highest BCUT2D eigenvalue weighted by Crippen LogP contribution is 2.18. The third kappa shape index (κ3) is 5.97. The van der Waals surface area contributed by atoms with Crippen molar-refractivity contribution in [2.24, 2.45) is 10.1 Å². The molecule has 1 aliphatic carbocycles. The molecule has 0 spiro atoms. The van der Waals surface area contributed by atoms with Gasteiger partial charge in [-0.3, -0.25) is 10.4 Å². The fourth-order valence-corrected chi connectivity index (χ4v) is 1.91. The van der Waals surface area contributed by atoms with Crippen molar-refractivity contribution in [2.75, 3.05) is 20.1 Å². The van der Waals surface area contributed by atoms with Crippen molar-refractivity contribution in [3.8, 4) is 0 Å². The Balaban J connectivity index is 2.55. The highest BCUT2D eigenvalue weighted by molar-refractivity contribution is 5.99. The first-order valence-corrected chi connectivity index (χ1v) is 7.32. The van der Waals surface area contributed by atoms with E-state index in [2.05, 4.69) is 52.9 Å². The minimum Gasteiger partial charge on any atom is -0.313 e. The summed E-state index contributed by atoms with van der Waals surface area (Å²) in [7, 11) is 1.79. The van der Waals surface area contributed by atoms with Gasteiger partial charge in [0.2, 0.25) is 0 Å². The van der Waals surface area contributed by atoms with Crippen molar-refractivity contribution < 1.29 is 0 Å². The van der Waals surface area contributed by atoms with Gasteiger partial charge < -0.3 is 5.32 Å². The van der Waals surface area contributed by atoms with Crippen molar-refractivity contribution in [1.82, 2.24) is 10.7 Å². The molecule has 0 aromatic heterocycles. The highest BCUT2D eigenvalue weighted by Gasteiger charge is 2.10. The Labute approximate surface area is 122 Å². The zero-order valence-electron chi connectivity index (χ0n) is 12.8. The molecule has 0 amide bonds.